The quantitative estimate of drug-likeness (QED) is 0.636. The third kappa shape index (κ3) is 4.27. The van der Waals surface area contributed by atoms with Crippen molar-refractivity contribution in [1.29, 1.82) is 0 Å². The van der Waals surface area contributed by atoms with Crippen LogP contribution in [0.25, 0.3) is 0 Å². The van der Waals surface area contributed by atoms with Gasteiger partial charge in [-0.05, 0) is 72.9 Å². The lowest BCUT2D eigenvalue weighted by Crippen LogP contribution is -2.37. The number of urea groups is 1. The second kappa shape index (κ2) is 7.80. The number of hydrogen-bond donors (Lipinski definition) is 3. The van der Waals surface area contributed by atoms with Gasteiger partial charge >= 0.3 is 6.03 Å². The molecule has 142 valence electrons. The fourth-order valence-corrected chi connectivity index (χ4v) is 4.95. The van der Waals surface area contributed by atoms with E-state index < -0.39 is 16.1 Å². The molecule has 0 atom stereocenters. The Labute approximate surface area is 155 Å². The molecule has 0 aliphatic heterocycles. The highest BCUT2D eigenvalue weighted by molar-refractivity contribution is 7.90. The van der Waals surface area contributed by atoms with Gasteiger partial charge in [0.15, 0.2) is 0 Å². The van der Waals surface area contributed by atoms with Crippen LogP contribution >= 0.6 is 0 Å². The maximum Gasteiger partial charge on any atom is 0.332 e. The van der Waals surface area contributed by atoms with Gasteiger partial charge in [-0.15, -0.1) is 0 Å². The van der Waals surface area contributed by atoms with Gasteiger partial charge in [0.2, 0.25) is 10.0 Å². The maximum absolute atomic E-state index is 12.4. The van der Waals surface area contributed by atoms with Gasteiger partial charge in [-0.1, -0.05) is 19.6 Å². The molecule has 0 spiro atoms. The largest absolute Gasteiger partial charge is 0.332 e. The molecule has 6 nitrogen and oxygen atoms in total. The molecule has 3 N–H and O–H groups in total. The molecule has 2 amide bonds. The van der Waals surface area contributed by atoms with Crippen molar-refractivity contribution in [2.75, 3.05) is 24.2 Å². The number of hydrogen-bond acceptors (Lipinski definition) is 4. The zero-order chi connectivity index (χ0) is 18.7. The summed E-state index contributed by atoms with van der Waals surface area (Å²) in [5, 5.41) is 5.87. The van der Waals surface area contributed by atoms with E-state index in [1.54, 1.807) is 0 Å². The summed E-state index contributed by atoms with van der Waals surface area (Å²) >= 11 is 0. The van der Waals surface area contributed by atoms with Crippen molar-refractivity contribution in [3.8, 4) is 0 Å². The number of likely N-dealkylation sites (N-methyl/N-ethyl adjacent to an activating group) is 1. The fraction of sp³-hybridized carbons (Fsp3) is 0.526. The van der Waals surface area contributed by atoms with Gasteiger partial charge in [0.1, 0.15) is 0 Å². The highest BCUT2D eigenvalue weighted by Gasteiger charge is 2.26. The number of amides is 2. The number of carbonyl (C=O) groups excluding carboxylic acids is 1. The Balaban J connectivity index is 1.70. The third-order valence-electron chi connectivity index (χ3n) is 4.98. The first kappa shape index (κ1) is 18.9. The molecule has 0 radical (unpaired) electrons. The Morgan fingerprint density at radius 2 is 1.73 bits per heavy atom. The molecule has 7 heteroatoms. The van der Waals surface area contributed by atoms with Crippen LogP contribution in [0.4, 0.5) is 10.5 Å². The summed E-state index contributed by atoms with van der Waals surface area (Å²) in [4.78, 5) is 12.4. The van der Waals surface area contributed by atoms with Crippen molar-refractivity contribution in [2.45, 2.75) is 45.4 Å². The number of carbonyl (C=O) groups is 1. The molecule has 1 aromatic carbocycles. The molecule has 2 aliphatic carbocycles. The van der Waals surface area contributed by atoms with Gasteiger partial charge in [-0.3, -0.25) is 0 Å². The van der Waals surface area contributed by atoms with Crippen molar-refractivity contribution in [3.63, 3.8) is 0 Å². The van der Waals surface area contributed by atoms with Crippen molar-refractivity contribution < 1.29 is 13.2 Å². The first-order valence-electron chi connectivity index (χ1n) is 9.25. The number of nitrogens with one attached hydrogen (secondary N) is 3. The zero-order valence-electron chi connectivity index (χ0n) is 15.3. The van der Waals surface area contributed by atoms with E-state index in [0.717, 1.165) is 50.8 Å². The number of benzene rings is 1. The van der Waals surface area contributed by atoms with E-state index in [-0.39, 0.29) is 5.75 Å². The molecule has 1 aromatic rings. The Kier molecular flexibility index (Phi) is 5.67. The molecule has 26 heavy (non-hydrogen) atoms. The van der Waals surface area contributed by atoms with Crippen molar-refractivity contribution in [2.24, 2.45) is 0 Å². The molecular formula is C19H27N3O3S. The lowest BCUT2D eigenvalue weighted by Gasteiger charge is -2.17. The minimum absolute atomic E-state index is 0.265. The summed E-state index contributed by atoms with van der Waals surface area (Å²) in [6.07, 6.45) is 6.09. The van der Waals surface area contributed by atoms with Crippen LogP contribution in [0, 0.1) is 0 Å². The van der Waals surface area contributed by atoms with Gasteiger partial charge in [0.05, 0.1) is 5.75 Å². The fourth-order valence-electron chi connectivity index (χ4n) is 3.91. The zero-order valence-corrected chi connectivity index (χ0v) is 16.1. The third-order valence-corrected chi connectivity index (χ3v) is 6.26. The second-order valence-corrected chi connectivity index (χ2v) is 8.80. The Morgan fingerprint density at radius 1 is 1.12 bits per heavy atom. The molecule has 0 fully saturated rings. The van der Waals surface area contributed by atoms with Gasteiger partial charge in [-0.25, -0.2) is 17.9 Å². The SMILES string of the molecule is C=C(CNCC)CS(=O)(=O)NC(=O)Nc1c2c(cc3c1CCC3)CCC2. The molecule has 0 saturated carbocycles. The summed E-state index contributed by atoms with van der Waals surface area (Å²) in [6, 6.07) is 1.59. The summed E-state index contributed by atoms with van der Waals surface area (Å²) in [5.74, 6) is -0.265. The summed E-state index contributed by atoms with van der Waals surface area (Å²) < 4.78 is 26.6. The maximum atomic E-state index is 12.4. The standard InChI is InChI=1S/C19H27N3O3S/c1-3-20-11-13(2)12-26(24,25)22-19(23)21-18-16-8-4-6-14(16)10-15-7-5-9-17(15)18/h10,20H,2-9,11-12H2,1H3,(H2,21,22,23). The van der Waals surface area contributed by atoms with Gasteiger partial charge in [0.25, 0.3) is 0 Å². The van der Waals surface area contributed by atoms with Gasteiger partial charge < -0.3 is 10.6 Å². The molecule has 0 heterocycles. The van der Waals surface area contributed by atoms with E-state index in [0.29, 0.717) is 12.1 Å². The molecule has 3 rings (SSSR count). The minimum atomic E-state index is -3.76. The second-order valence-electron chi connectivity index (χ2n) is 7.08. The topological polar surface area (TPSA) is 87.3 Å². The Bertz CT molecular complexity index is 799. The lowest BCUT2D eigenvalue weighted by molar-refractivity contribution is 0.256. The smallest absolute Gasteiger partial charge is 0.313 e. The molecule has 0 aromatic heterocycles. The Hall–Kier alpha value is -1.86. The van der Waals surface area contributed by atoms with Gasteiger partial charge in [0, 0.05) is 12.2 Å². The molecule has 0 bridgehead atoms. The number of fused-ring (bicyclic) bond motifs is 2. The van der Waals surface area contributed by atoms with Crippen LogP contribution < -0.4 is 15.4 Å². The van der Waals surface area contributed by atoms with Crippen LogP contribution in [0.3, 0.4) is 0 Å². The van der Waals surface area contributed by atoms with Gasteiger partial charge in [-0.2, -0.15) is 0 Å². The van der Waals surface area contributed by atoms with E-state index >= 15 is 0 Å². The first-order chi connectivity index (χ1) is 12.4. The number of sulfonamides is 1. The van der Waals surface area contributed by atoms with E-state index in [4.69, 9.17) is 0 Å². The Morgan fingerprint density at radius 3 is 2.31 bits per heavy atom. The van der Waals surface area contributed by atoms with E-state index in [1.807, 2.05) is 6.92 Å². The average Bonchev–Trinajstić information content (AvgIpc) is 3.20. The van der Waals surface area contributed by atoms with Crippen LogP contribution in [-0.2, 0) is 35.7 Å². The molecular weight excluding hydrogens is 350 g/mol. The lowest BCUT2D eigenvalue weighted by atomic mass is 9.99. The van der Waals surface area contributed by atoms with Crippen molar-refractivity contribution >= 4 is 21.7 Å². The summed E-state index contributed by atoms with van der Waals surface area (Å²) in [7, 11) is -3.76. The monoisotopic (exact) mass is 377 g/mol. The minimum Gasteiger partial charge on any atom is -0.313 e. The van der Waals surface area contributed by atoms with E-state index in [2.05, 4.69) is 28.0 Å². The van der Waals surface area contributed by atoms with Crippen molar-refractivity contribution in [1.82, 2.24) is 10.0 Å². The van der Waals surface area contributed by atoms with Crippen molar-refractivity contribution in [3.05, 3.63) is 40.5 Å². The van der Waals surface area contributed by atoms with Crippen LogP contribution in [-0.4, -0.2) is 33.3 Å². The summed E-state index contributed by atoms with van der Waals surface area (Å²) in [5.41, 5.74) is 6.30. The normalized spacial score (nSPS) is 15.4. The summed E-state index contributed by atoms with van der Waals surface area (Å²) in [6.45, 7) is 6.83. The number of anilines is 1. The highest BCUT2D eigenvalue weighted by atomic mass is 32.2. The molecule has 2 aliphatic rings. The van der Waals surface area contributed by atoms with E-state index in [9.17, 15) is 13.2 Å². The number of rotatable bonds is 7. The highest BCUT2D eigenvalue weighted by Crippen LogP contribution is 2.38. The molecule has 0 unspecified atom stereocenters. The number of aryl methyl sites for hydroxylation is 2. The van der Waals surface area contributed by atoms with Crippen LogP contribution in [0.1, 0.15) is 42.0 Å². The predicted molar refractivity (Wildman–Crippen MR) is 104 cm³/mol. The van der Waals surface area contributed by atoms with Crippen LogP contribution in [0.2, 0.25) is 0 Å². The average molecular weight is 378 g/mol. The molecule has 0 saturated heterocycles. The first-order valence-corrected chi connectivity index (χ1v) is 10.9. The van der Waals surface area contributed by atoms with Crippen LogP contribution in [0.15, 0.2) is 18.2 Å². The predicted octanol–water partition coefficient (Wildman–Crippen LogP) is 2.28. The van der Waals surface area contributed by atoms with Crippen LogP contribution in [0.5, 0.6) is 0 Å². The van der Waals surface area contributed by atoms with E-state index in [1.165, 1.54) is 22.3 Å².